The first-order valence-corrected chi connectivity index (χ1v) is 7.96. The second-order valence-electron chi connectivity index (χ2n) is 5.75. The highest BCUT2D eigenvalue weighted by Crippen LogP contribution is 2.39. The molecule has 0 bridgehead atoms. The van der Waals surface area contributed by atoms with Gasteiger partial charge in [0.05, 0.1) is 6.10 Å². The molecule has 1 fully saturated rings. The van der Waals surface area contributed by atoms with Crippen LogP contribution in [0.4, 0.5) is 5.82 Å². The molecule has 0 aliphatic heterocycles. The Hall–Kier alpha value is -1.32. The molecule has 1 aromatic rings. The summed E-state index contributed by atoms with van der Waals surface area (Å²) in [5.74, 6) is 3.06. The van der Waals surface area contributed by atoms with Crippen LogP contribution in [0.1, 0.15) is 70.5 Å². The zero-order valence-electron chi connectivity index (χ0n) is 13.0. The van der Waals surface area contributed by atoms with Gasteiger partial charge in [-0.05, 0) is 32.6 Å². The van der Waals surface area contributed by atoms with Crippen LogP contribution in [0.3, 0.4) is 0 Å². The minimum absolute atomic E-state index is 0.221. The van der Waals surface area contributed by atoms with Crippen molar-refractivity contribution >= 4 is 5.82 Å². The summed E-state index contributed by atoms with van der Waals surface area (Å²) >= 11 is 0. The lowest BCUT2D eigenvalue weighted by atomic mass is 10.1. The molecule has 4 nitrogen and oxygen atoms in total. The SMILES string of the molecule is CCCCCCC(C)Oc1cc(NC)nc(C2CC2)n1. The van der Waals surface area contributed by atoms with Gasteiger partial charge >= 0.3 is 0 Å². The van der Waals surface area contributed by atoms with Crippen LogP contribution in [0.5, 0.6) is 5.88 Å². The quantitative estimate of drug-likeness (QED) is 0.689. The van der Waals surface area contributed by atoms with Gasteiger partial charge in [0.25, 0.3) is 0 Å². The van der Waals surface area contributed by atoms with Gasteiger partial charge in [-0.15, -0.1) is 0 Å². The minimum Gasteiger partial charge on any atom is -0.475 e. The van der Waals surface area contributed by atoms with Crippen LogP contribution in [-0.2, 0) is 0 Å². The molecule has 0 saturated heterocycles. The highest BCUT2D eigenvalue weighted by molar-refractivity contribution is 5.38. The number of hydrogen-bond acceptors (Lipinski definition) is 4. The fourth-order valence-electron chi connectivity index (χ4n) is 2.28. The number of nitrogens with zero attached hydrogens (tertiary/aromatic N) is 2. The molecule has 0 radical (unpaired) electrons. The number of rotatable bonds is 9. The van der Waals surface area contributed by atoms with Gasteiger partial charge in [0, 0.05) is 19.0 Å². The topological polar surface area (TPSA) is 47.0 Å². The highest BCUT2D eigenvalue weighted by atomic mass is 16.5. The molecule has 1 aliphatic carbocycles. The van der Waals surface area contributed by atoms with E-state index in [0.717, 1.165) is 18.1 Å². The first-order valence-electron chi connectivity index (χ1n) is 7.96. The van der Waals surface area contributed by atoms with Crippen molar-refractivity contribution in [1.29, 1.82) is 0 Å². The molecular weight excluding hydrogens is 250 g/mol. The van der Waals surface area contributed by atoms with E-state index in [-0.39, 0.29) is 6.10 Å². The molecule has 0 amide bonds. The predicted octanol–water partition coefficient (Wildman–Crippen LogP) is 4.13. The Bertz CT molecular complexity index is 418. The Morgan fingerprint density at radius 2 is 2.10 bits per heavy atom. The maximum atomic E-state index is 5.96. The summed E-state index contributed by atoms with van der Waals surface area (Å²) in [6, 6.07) is 1.90. The van der Waals surface area contributed by atoms with Crippen molar-refractivity contribution in [3.05, 3.63) is 11.9 Å². The van der Waals surface area contributed by atoms with Crippen LogP contribution < -0.4 is 10.1 Å². The zero-order chi connectivity index (χ0) is 14.4. The molecule has 1 aliphatic rings. The van der Waals surface area contributed by atoms with Gasteiger partial charge in [-0.3, -0.25) is 0 Å². The maximum absolute atomic E-state index is 5.96. The van der Waals surface area contributed by atoms with Crippen LogP contribution in [0.25, 0.3) is 0 Å². The molecule has 1 atom stereocenters. The average Bonchev–Trinajstić information content (AvgIpc) is 3.28. The van der Waals surface area contributed by atoms with E-state index in [1.807, 2.05) is 13.1 Å². The summed E-state index contributed by atoms with van der Waals surface area (Å²) in [7, 11) is 1.89. The molecule has 4 heteroatoms. The van der Waals surface area contributed by atoms with Crippen LogP contribution in [-0.4, -0.2) is 23.1 Å². The van der Waals surface area contributed by atoms with E-state index in [9.17, 15) is 0 Å². The second kappa shape index (κ2) is 7.46. The number of unbranched alkanes of at least 4 members (excludes halogenated alkanes) is 3. The number of aromatic nitrogens is 2. The molecule has 1 aromatic heterocycles. The first-order chi connectivity index (χ1) is 9.72. The van der Waals surface area contributed by atoms with E-state index in [1.165, 1.54) is 38.5 Å². The molecule has 1 saturated carbocycles. The fourth-order valence-corrected chi connectivity index (χ4v) is 2.28. The highest BCUT2D eigenvalue weighted by Gasteiger charge is 2.27. The van der Waals surface area contributed by atoms with Gasteiger partial charge in [-0.25, -0.2) is 4.98 Å². The predicted molar refractivity (Wildman–Crippen MR) is 82.4 cm³/mol. The van der Waals surface area contributed by atoms with Gasteiger partial charge in [-0.1, -0.05) is 26.2 Å². The molecule has 1 unspecified atom stereocenters. The smallest absolute Gasteiger partial charge is 0.218 e. The van der Waals surface area contributed by atoms with Gasteiger partial charge in [0.15, 0.2) is 0 Å². The van der Waals surface area contributed by atoms with Crippen molar-refractivity contribution in [2.45, 2.75) is 70.8 Å². The molecular formula is C16H27N3O. The normalized spacial score (nSPS) is 15.9. The lowest BCUT2D eigenvalue weighted by molar-refractivity contribution is 0.197. The van der Waals surface area contributed by atoms with E-state index in [0.29, 0.717) is 11.8 Å². The van der Waals surface area contributed by atoms with E-state index in [1.54, 1.807) is 0 Å². The van der Waals surface area contributed by atoms with Crippen LogP contribution in [0, 0.1) is 0 Å². The second-order valence-corrected chi connectivity index (χ2v) is 5.75. The van der Waals surface area contributed by atoms with E-state index in [2.05, 4.69) is 29.1 Å². The first kappa shape index (κ1) is 15.1. The number of ether oxygens (including phenoxy) is 1. The lowest BCUT2D eigenvalue weighted by Crippen LogP contribution is -2.13. The zero-order valence-corrected chi connectivity index (χ0v) is 13.0. The summed E-state index contributed by atoms with van der Waals surface area (Å²) < 4.78 is 5.96. The Balaban J connectivity index is 1.88. The van der Waals surface area contributed by atoms with Crippen molar-refractivity contribution in [2.24, 2.45) is 0 Å². The van der Waals surface area contributed by atoms with Crippen molar-refractivity contribution in [3.63, 3.8) is 0 Å². The molecule has 1 N–H and O–H groups in total. The van der Waals surface area contributed by atoms with E-state index in [4.69, 9.17) is 4.74 Å². The third-order valence-electron chi connectivity index (χ3n) is 3.70. The van der Waals surface area contributed by atoms with Gasteiger partial charge in [0.2, 0.25) is 5.88 Å². The number of anilines is 1. The molecule has 0 spiro atoms. The fraction of sp³-hybridized carbons (Fsp3) is 0.750. The third-order valence-corrected chi connectivity index (χ3v) is 3.70. The van der Waals surface area contributed by atoms with Crippen molar-refractivity contribution in [3.8, 4) is 5.88 Å². The molecule has 112 valence electrons. The average molecular weight is 277 g/mol. The Labute approximate surface area is 122 Å². The van der Waals surface area contributed by atoms with Gasteiger partial charge in [-0.2, -0.15) is 4.98 Å². The van der Waals surface area contributed by atoms with Crippen molar-refractivity contribution < 1.29 is 4.74 Å². The monoisotopic (exact) mass is 277 g/mol. The summed E-state index contributed by atoms with van der Waals surface area (Å²) in [4.78, 5) is 9.06. The largest absolute Gasteiger partial charge is 0.475 e. The summed E-state index contributed by atoms with van der Waals surface area (Å²) in [6.45, 7) is 4.36. The maximum Gasteiger partial charge on any atom is 0.218 e. The van der Waals surface area contributed by atoms with E-state index >= 15 is 0 Å². The van der Waals surface area contributed by atoms with Crippen LogP contribution in [0.2, 0.25) is 0 Å². The Morgan fingerprint density at radius 1 is 1.30 bits per heavy atom. The van der Waals surface area contributed by atoms with Crippen LogP contribution in [0.15, 0.2) is 6.07 Å². The Kier molecular flexibility index (Phi) is 5.62. The summed E-state index contributed by atoms with van der Waals surface area (Å²) in [6.07, 6.45) is 8.85. The number of nitrogens with one attached hydrogen (secondary N) is 1. The summed E-state index contributed by atoms with van der Waals surface area (Å²) in [5, 5.41) is 3.09. The third kappa shape index (κ3) is 4.66. The molecule has 2 rings (SSSR count). The van der Waals surface area contributed by atoms with Gasteiger partial charge in [0.1, 0.15) is 11.6 Å². The molecule has 1 heterocycles. The molecule has 0 aromatic carbocycles. The standard InChI is InChI=1S/C16H27N3O/c1-4-5-6-7-8-12(2)20-15-11-14(17-3)18-16(19-15)13-9-10-13/h11-13H,4-10H2,1-3H3,(H,17,18,19). The summed E-state index contributed by atoms with van der Waals surface area (Å²) in [5.41, 5.74) is 0. The number of hydrogen-bond donors (Lipinski definition) is 1. The van der Waals surface area contributed by atoms with Crippen LogP contribution >= 0.6 is 0 Å². The lowest BCUT2D eigenvalue weighted by Gasteiger charge is -2.15. The minimum atomic E-state index is 0.221. The van der Waals surface area contributed by atoms with Crippen molar-refractivity contribution in [1.82, 2.24) is 9.97 Å². The molecule has 20 heavy (non-hydrogen) atoms. The van der Waals surface area contributed by atoms with Gasteiger partial charge < -0.3 is 10.1 Å². The Morgan fingerprint density at radius 3 is 2.75 bits per heavy atom. The van der Waals surface area contributed by atoms with Crippen molar-refractivity contribution in [2.75, 3.05) is 12.4 Å². The van der Waals surface area contributed by atoms with E-state index < -0.39 is 0 Å².